The van der Waals surface area contributed by atoms with Crippen molar-refractivity contribution in [2.24, 2.45) is 0 Å². The summed E-state index contributed by atoms with van der Waals surface area (Å²) < 4.78 is 7.03. The van der Waals surface area contributed by atoms with Gasteiger partial charge in [0.15, 0.2) is 0 Å². The zero-order chi connectivity index (χ0) is 22.3. The van der Waals surface area contributed by atoms with Crippen LogP contribution < -0.4 is 4.74 Å². The average molecular weight is 555 g/mol. The molecule has 0 bridgehead atoms. The third-order valence-electron chi connectivity index (χ3n) is 5.06. The van der Waals surface area contributed by atoms with Crippen molar-refractivity contribution in [3.05, 3.63) is 104 Å². The number of rotatable bonds is 8. The van der Waals surface area contributed by atoms with E-state index in [1.165, 1.54) is 14.0 Å². The van der Waals surface area contributed by atoms with Gasteiger partial charge in [-0.3, -0.25) is 14.5 Å². The van der Waals surface area contributed by atoms with Crippen LogP contribution in [0.1, 0.15) is 23.1 Å². The maximum absolute atomic E-state index is 12.7. The summed E-state index contributed by atoms with van der Waals surface area (Å²) in [5.74, 6) is 0.543. The largest absolute Gasteiger partial charge is 0.489 e. The summed E-state index contributed by atoms with van der Waals surface area (Å²) in [5.41, 5.74) is 3.18. The minimum Gasteiger partial charge on any atom is -0.489 e. The Hall–Kier alpha value is -2.58. The fourth-order valence-corrected chi connectivity index (χ4v) is 4.56. The highest BCUT2D eigenvalue weighted by molar-refractivity contribution is 14.1. The molecule has 2 amide bonds. The van der Waals surface area contributed by atoms with Crippen LogP contribution >= 0.6 is 34.4 Å². The van der Waals surface area contributed by atoms with E-state index in [-0.39, 0.29) is 11.1 Å². The van der Waals surface area contributed by atoms with Crippen LogP contribution in [0.3, 0.4) is 0 Å². The van der Waals surface area contributed by atoms with Gasteiger partial charge < -0.3 is 4.74 Å². The quantitative estimate of drug-likeness (QED) is 0.234. The highest BCUT2D eigenvalue weighted by Gasteiger charge is 2.34. The van der Waals surface area contributed by atoms with E-state index < -0.39 is 0 Å². The van der Waals surface area contributed by atoms with Gasteiger partial charge >= 0.3 is 0 Å². The first-order valence-electron chi connectivity index (χ1n) is 10.3. The number of aryl methyl sites for hydroxylation is 1. The molecular formula is C26H22INO3S. The van der Waals surface area contributed by atoms with E-state index >= 15 is 0 Å². The Morgan fingerprint density at radius 1 is 0.875 bits per heavy atom. The van der Waals surface area contributed by atoms with Crippen molar-refractivity contribution in [3.8, 4) is 5.75 Å². The molecule has 0 spiro atoms. The van der Waals surface area contributed by atoms with Gasteiger partial charge in [-0.1, -0.05) is 54.6 Å². The van der Waals surface area contributed by atoms with Crippen molar-refractivity contribution in [1.82, 2.24) is 4.90 Å². The molecule has 0 unspecified atom stereocenters. The van der Waals surface area contributed by atoms with Gasteiger partial charge in [0, 0.05) is 10.1 Å². The summed E-state index contributed by atoms with van der Waals surface area (Å²) in [7, 11) is 0. The lowest BCUT2D eigenvalue weighted by Crippen LogP contribution is -2.29. The number of ether oxygens (including phenoxy) is 1. The second-order valence-electron chi connectivity index (χ2n) is 7.41. The Bertz CT molecular complexity index is 1110. The summed E-state index contributed by atoms with van der Waals surface area (Å²) in [5, 5.41) is -0.202. The lowest BCUT2D eigenvalue weighted by Gasteiger charge is -2.12. The average Bonchev–Trinajstić information content (AvgIpc) is 3.08. The van der Waals surface area contributed by atoms with Gasteiger partial charge in [-0.15, -0.1) is 0 Å². The van der Waals surface area contributed by atoms with Crippen LogP contribution in [-0.2, 0) is 17.8 Å². The summed E-state index contributed by atoms with van der Waals surface area (Å²) in [6.07, 6.45) is 3.36. The molecule has 4 rings (SSSR count). The predicted octanol–water partition coefficient (Wildman–Crippen LogP) is 6.54. The first-order valence-corrected chi connectivity index (χ1v) is 12.2. The molecule has 6 heteroatoms. The van der Waals surface area contributed by atoms with Crippen LogP contribution in [0.25, 0.3) is 6.08 Å². The zero-order valence-electron chi connectivity index (χ0n) is 17.4. The van der Waals surface area contributed by atoms with Crippen LogP contribution in [0.5, 0.6) is 5.75 Å². The van der Waals surface area contributed by atoms with Gasteiger partial charge in [0.2, 0.25) is 0 Å². The Kier molecular flexibility index (Phi) is 7.65. The molecule has 0 radical (unpaired) electrons. The molecule has 0 aliphatic carbocycles. The van der Waals surface area contributed by atoms with Gasteiger partial charge in [0.1, 0.15) is 12.4 Å². The number of hydrogen-bond acceptors (Lipinski definition) is 4. The maximum Gasteiger partial charge on any atom is 0.293 e. The molecule has 1 heterocycles. The standard InChI is InChI=1S/C26H22INO3S/c27-22-12-8-21(9-13-22)18-31-23-14-10-20(11-15-23)17-24-25(29)28(26(30)32-24)16-4-7-19-5-2-1-3-6-19/h1-3,5-6,8-15,17H,4,7,16,18H2/b24-17+. The summed E-state index contributed by atoms with van der Waals surface area (Å²) >= 11 is 3.28. The van der Waals surface area contributed by atoms with Gasteiger partial charge in [0.05, 0.1) is 4.91 Å². The number of carbonyl (C=O) groups excluding carboxylic acids is 2. The van der Waals surface area contributed by atoms with Crippen molar-refractivity contribution in [2.45, 2.75) is 19.4 Å². The van der Waals surface area contributed by atoms with Gasteiger partial charge in [-0.05, 0) is 94.2 Å². The lowest BCUT2D eigenvalue weighted by molar-refractivity contribution is -0.122. The summed E-state index contributed by atoms with van der Waals surface area (Å²) in [6.45, 7) is 0.931. The van der Waals surface area contributed by atoms with E-state index in [1.807, 2.05) is 54.6 Å². The molecule has 4 nitrogen and oxygen atoms in total. The normalized spacial score (nSPS) is 14.9. The molecule has 3 aromatic rings. The number of carbonyl (C=O) groups is 2. The van der Waals surface area contributed by atoms with Crippen LogP contribution in [-0.4, -0.2) is 22.6 Å². The number of hydrogen-bond donors (Lipinski definition) is 0. The van der Waals surface area contributed by atoms with Crippen molar-refractivity contribution in [2.75, 3.05) is 6.54 Å². The highest BCUT2D eigenvalue weighted by atomic mass is 127. The van der Waals surface area contributed by atoms with Crippen molar-refractivity contribution < 1.29 is 14.3 Å². The number of nitrogens with zero attached hydrogens (tertiary/aromatic N) is 1. The van der Waals surface area contributed by atoms with Crippen molar-refractivity contribution >= 4 is 51.6 Å². The first-order chi connectivity index (χ1) is 15.6. The number of thioether (sulfide) groups is 1. The topological polar surface area (TPSA) is 46.6 Å². The first kappa shape index (κ1) is 22.6. The van der Waals surface area contributed by atoms with E-state index in [9.17, 15) is 9.59 Å². The molecule has 1 aliphatic rings. The molecule has 0 saturated carbocycles. The third kappa shape index (κ3) is 6.01. The predicted molar refractivity (Wildman–Crippen MR) is 137 cm³/mol. The Morgan fingerprint density at radius 3 is 2.31 bits per heavy atom. The zero-order valence-corrected chi connectivity index (χ0v) is 20.3. The van der Waals surface area contributed by atoms with E-state index in [0.717, 1.165) is 41.5 Å². The highest BCUT2D eigenvalue weighted by Crippen LogP contribution is 2.32. The van der Waals surface area contributed by atoms with Gasteiger partial charge in [-0.2, -0.15) is 0 Å². The maximum atomic E-state index is 12.7. The fraction of sp³-hybridized carbons (Fsp3) is 0.154. The lowest BCUT2D eigenvalue weighted by atomic mass is 10.1. The number of imide groups is 1. The van der Waals surface area contributed by atoms with E-state index in [2.05, 4.69) is 46.9 Å². The number of amides is 2. The molecule has 0 atom stereocenters. The second kappa shape index (κ2) is 10.8. The summed E-state index contributed by atoms with van der Waals surface area (Å²) in [4.78, 5) is 26.8. The smallest absolute Gasteiger partial charge is 0.293 e. The van der Waals surface area contributed by atoms with Gasteiger partial charge in [-0.25, -0.2) is 0 Å². The number of benzene rings is 3. The fourth-order valence-electron chi connectivity index (χ4n) is 3.34. The number of halogens is 1. The Morgan fingerprint density at radius 2 is 1.59 bits per heavy atom. The van der Waals surface area contributed by atoms with Crippen molar-refractivity contribution in [1.29, 1.82) is 0 Å². The molecular weight excluding hydrogens is 533 g/mol. The van der Waals surface area contributed by atoms with Crippen LogP contribution in [0.4, 0.5) is 4.79 Å². The molecule has 162 valence electrons. The molecule has 1 saturated heterocycles. The second-order valence-corrected chi connectivity index (χ2v) is 9.65. The monoisotopic (exact) mass is 555 g/mol. The molecule has 0 aromatic heterocycles. The van der Waals surface area contributed by atoms with Crippen LogP contribution in [0, 0.1) is 3.57 Å². The summed E-state index contributed by atoms with van der Waals surface area (Å²) in [6, 6.07) is 25.8. The Labute approximate surface area is 205 Å². The van der Waals surface area contributed by atoms with Crippen LogP contribution in [0.15, 0.2) is 83.8 Å². The molecule has 1 aliphatic heterocycles. The SMILES string of the molecule is O=C1S/C(=C/c2ccc(OCc3ccc(I)cc3)cc2)C(=O)N1CCCc1ccccc1. The third-order valence-corrected chi connectivity index (χ3v) is 6.69. The minimum absolute atomic E-state index is 0.202. The van der Waals surface area contributed by atoms with Crippen LogP contribution in [0.2, 0.25) is 0 Å². The molecule has 0 N–H and O–H groups in total. The van der Waals surface area contributed by atoms with E-state index in [0.29, 0.717) is 18.1 Å². The van der Waals surface area contributed by atoms with E-state index in [1.54, 1.807) is 6.08 Å². The van der Waals surface area contributed by atoms with Gasteiger partial charge in [0.25, 0.3) is 11.1 Å². The molecule has 1 fully saturated rings. The minimum atomic E-state index is -0.216. The molecule has 3 aromatic carbocycles. The Balaban J connectivity index is 1.32. The molecule has 32 heavy (non-hydrogen) atoms. The van der Waals surface area contributed by atoms with Crippen molar-refractivity contribution in [3.63, 3.8) is 0 Å². The van der Waals surface area contributed by atoms with E-state index in [4.69, 9.17) is 4.74 Å².